The standard InChI is InChI=1S/C18H19N3O/c1-12-16(15-8-4-5-9-17(15)20-12)10-13(11-19)18(22)21-14-6-2-3-7-14/h4-5,8-10,14,20H,2-3,6-7H2,1H3,(H,21,22)/b13-10-. The highest BCUT2D eigenvalue weighted by Gasteiger charge is 2.19. The van der Waals surface area contributed by atoms with Gasteiger partial charge in [-0.15, -0.1) is 0 Å². The summed E-state index contributed by atoms with van der Waals surface area (Å²) in [6.45, 7) is 1.95. The number of amides is 1. The molecule has 112 valence electrons. The first-order chi connectivity index (χ1) is 10.7. The van der Waals surface area contributed by atoms with Crippen molar-refractivity contribution in [1.29, 1.82) is 5.26 Å². The summed E-state index contributed by atoms with van der Waals surface area (Å²) in [6.07, 6.45) is 6.02. The van der Waals surface area contributed by atoms with Gasteiger partial charge in [-0.1, -0.05) is 31.0 Å². The largest absolute Gasteiger partial charge is 0.358 e. The van der Waals surface area contributed by atoms with Gasteiger partial charge in [-0.2, -0.15) is 5.26 Å². The minimum atomic E-state index is -0.265. The van der Waals surface area contributed by atoms with Crippen molar-refractivity contribution in [2.24, 2.45) is 0 Å². The number of carbonyl (C=O) groups excluding carboxylic acids is 1. The van der Waals surface area contributed by atoms with Gasteiger partial charge in [-0.25, -0.2) is 0 Å². The second-order valence-electron chi connectivity index (χ2n) is 5.83. The van der Waals surface area contributed by atoms with Crippen LogP contribution in [0.2, 0.25) is 0 Å². The number of nitrogens with zero attached hydrogens (tertiary/aromatic N) is 1. The van der Waals surface area contributed by atoms with Gasteiger partial charge in [0.25, 0.3) is 5.91 Å². The summed E-state index contributed by atoms with van der Waals surface area (Å²) in [4.78, 5) is 15.6. The molecule has 1 heterocycles. The number of nitrogens with one attached hydrogen (secondary N) is 2. The van der Waals surface area contributed by atoms with E-state index in [4.69, 9.17) is 0 Å². The van der Waals surface area contributed by atoms with Gasteiger partial charge in [0.15, 0.2) is 0 Å². The molecular formula is C18H19N3O. The van der Waals surface area contributed by atoms with Crippen LogP contribution >= 0.6 is 0 Å². The van der Waals surface area contributed by atoms with E-state index in [1.807, 2.05) is 37.3 Å². The Kier molecular flexibility index (Phi) is 3.97. The Morgan fingerprint density at radius 2 is 2.09 bits per heavy atom. The molecule has 2 aromatic rings. The van der Waals surface area contributed by atoms with E-state index in [9.17, 15) is 10.1 Å². The van der Waals surface area contributed by atoms with Crippen molar-refractivity contribution in [3.63, 3.8) is 0 Å². The molecule has 1 aliphatic rings. The number of benzene rings is 1. The van der Waals surface area contributed by atoms with Gasteiger partial charge in [0.05, 0.1) is 0 Å². The number of para-hydroxylation sites is 1. The van der Waals surface area contributed by atoms with Crippen LogP contribution in [0.15, 0.2) is 29.8 Å². The van der Waals surface area contributed by atoms with Gasteiger partial charge in [0, 0.05) is 28.2 Å². The third kappa shape index (κ3) is 2.75. The quantitative estimate of drug-likeness (QED) is 0.672. The van der Waals surface area contributed by atoms with Crippen LogP contribution in [0.5, 0.6) is 0 Å². The summed E-state index contributed by atoms with van der Waals surface area (Å²) in [5.74, 6) is -0.265. The van der Waals surface area contributed by atoms with E-state index in [-0.39, 0.29) is 17.5 Å². The van der Waals surface area contributed by atoms with Gasteiger partial charge in [0.1, 0.15) is 11.6 Å². The van der Waals surface area contributed by atoms with Crippen molar-refractivity contribution in [2.45, 2.75) is 38.6 Å². The van der Waals surface area contributed by atoms with E-state index in [1.165, 1.54) is 0 Å². The molecule has 1 aromatic carbocycles. The Hall–Kier alpha value is -2.54. The first kappa shape index (κ1) is 14.4. The van der Waals surface area contributed by atoms with E-state index in [2.05, 4.69) is 10.3 Å². The SMILES string of the molecule is Cc1[nH]c2ccccc2c1/C=C(/C#N)C(=O)NC1CCCC1. The van der Waals surface area contributed by atoms with Crippen LogP contribution in [0.4, 0.5) is 0 Å². The van der Waals surface area contributed by atoms with Crippen molar-refractivity contribution in [1.82, 2.24) is 10.3 Å². The van der Waals surface area contributed by atoms with E-state index in [0.717, 1.165) is 47.8 Å². The molecule has 0 aliphatic heterocycles. The molecule has 1 aromatic heterocycles. The van der Waals surface area contributed by atoms with Crippen molar-refractivity contribution in [3.05, 3.63) is 41.1 Å². The summed E-state index contributed by atoms with van der Waals surface area (Å²) in [7, 11) is 0. The Bertz CT molecular complexity index is 773. The second-order valence-corrected chi connectivity index (χ2v) is 5.83. The average molecular weight is 293 g/mol. The van der Waals surface area contributed by atoms with Crippen LogP contribution in [0.1, 0.15) is 36.9 Å². The summed E-state index contributed by atoms with van der Waals surface area (Å²) >= 11 is 0. The summed E-state index contributed by atoms with van der Waals surface area (Å²) in [5.41, 5.74) is 3.05. The fraction of sp³-hybridized carbons (Fsp3) is 0.333. The third-order valence-corrected chi connectivity index (χ3v) is 4.29. The molecule has 0 radical (unpaired) electrons. The lowest BCUT2D eigenvalue weighted by atomic mass is 10.1. The van der Waals surface area contributed by atoms with Crippen LogP contribution in [0.25, 0.3) is 17.0 Å². The predicted molar refractivity (Wildman–Crippen MR) is 87.0 cm³/mol. The lowest BCUT2D eigenvalue weighted by Gasteiger charge is -2.10. The molecule has 4 heteroatoms. The molecular weight excluding hydrogens is 274 g/mol. The first-order valence-electron chi connectivity index (χ1n) is 7.69. The zero-order chi connectivity index (χ0) is 15.5. The number of hydrogen-bond acceptors (Lipinski definition) is 2. The zero-order valence-corrected chi connectivity index (χ0v) is 12.6. The second kappa shape index (κ2) is 6.07. The molecule has 1 aliphatic carbocycles. The molecule has 1 saturated carbocycles. The van der Waals surface area contributed by atoms with E-state index in [1.54, 1.807) is 6.08 Å². The lowest BCUT2D eigenvalue weighted by Crippen LogP contribution is -2.33. The minimum Gasteiger partial charge on any atom is -0.358 e. The van der Waals surface area contributed by atoms with Gasteiger partial charge < -0.3 is 10.3 Å². The maximum Gasteiger partial charge on any atom is 0.262 e. The van der Waals surface area contributed by atoms with E-state index >= 15 is 0 Å². The van der Waals surface area contributed by atoms with Crippen molar-refractivity contribution >= 4 is 22.9 Å². The molecule has 2 N–H and O–H groups in total. The smallest absolute Gasteiger partial charge is 0.262 e. The number of fused-ring (bicyclic) bond motifs is 1. The highest BCUT2D eigenvalue weighted by molar-refractivity contribution is 6.04. The van der Waals surface area contributed by atoms with Crippen LogP contribution < -0.4 is 5.32 Å². The molecule has 4 nitrogen and oxygen atoms in total. The monoisotopic (exact) mass is 293 g/mol. The lowest BCUT2D eigenvalue weighted by molar-refractivity contribution is -0.117. The number of carbonyl (C=O) groups is 1. The van der Waals surface area contributed by atoms with Crippen LogP contribution in [0.3, 0.4) is 0 Å². The summed E-state index contributed by atoms with van der Waals surface area (Å²) in [6, 6.07) is 10.2. The highest BCUT2D eigenvalue weighted by atomic mass is 16.1. The van der Waals surface area contributed by atoms with Gasteiger partial charge in [-0.3, -0.25) is 4.79 Å². The number of aromatic amines is 1. The van der Waals surface area contributed by atoms with Gasteiger partial charge >= 0.3 is 0 Å². The molecule has 22 heavy (non-hydrogen) atoms. The maximum atomic E-state index is 12.3. The summed E-state index contributed by atoms with van der Waals surface area (Å²) in [5, 5.41) is 13.3. The Morgan fingerprint density at radius 1 is 1.36 bits per heavy atom. The predicted octanol–water partition coefficient (Wildman–Crippen LogP) is 3.44. The number of hydrogen-bond donors (Lipinski definition) is 2. The first-order valence-corrected chi connectivity index (χ1v) is 7.69. The van der Waals surface area contributed by atoms with Crippen molar-refractivity contribution in [3.8, 4) is 6.07 Å². The minimum absolute atomic E-state index is 0.166. The number of aromatic nitrogens is 1. The fourth-order valence-corrected chi connectivity index (χ4v) is 3.11. The molecule has 3 rings (SSSR count). The normalized spacial score (nSPS) is 15.9. The molecule has 0 spiro atoms. The average Bonchev–Trinajstić information content (AvgIpc) is 3.12. The number of aryl methyl sites for hydroxylation is 1. The molecule has 0 bridgehead atoms. The van der Waals surface area contributed by atoms with Crippen LogP contribution in [-0.2, 0) is 4.79 Å². The third-order valence-electron chi connectivity index (χ3n) is 4.29. The highest BCUT2D eigenvalue weighted by Crippen LogP contribution is 2.24. The summed E-state index contributed by atoms with van der Waals surface area (Å²) < 4.78 is 0. The Morgan fingerprint density at radius 3 is 2.82 bits per heavy atom. The van der Waals surface area contributed by atoms with E-state index in [0.29, 0.717) is 0 Å². The Labute approximate surface area is 129 Å². The fourth-order valence-electron chi connectivity index (χ4n) is 3.11. The van der Waals surface area contributed by atoms with Gasteiger partial charge in [0.2, 0.25) is 0 Å². The molecule has 0 atom stereocenters. The topological polar surface area (TPSA) is 68.7 Å². The number of nitriles is 1. The van der Waals surface area contributed by atoms with Gasteiger partial charge in [-0.05, 0) is 31.9 Å². The molecule has 1 amide bonds. The molecule has 1 fully saturated rings. The maximum absolute atomic E-state index is 12.3. The number of rotatable bonds is 3. The van der Waals surface area contributed by atoms with Crippen molar-refractivity contribution < 1.29 is 4.79 Å². The van der Waals surface area contributed by atoms with Crippen molar-refractivity contribution in [2.75, 3.05) is 0 Å². The molecule has 0 saturated heterocycles. The molecule has 0 unspecified atom stereocenters. The van der Waals surface area contributed by atoms with E-state index < -0.39 is 0 Å². The zero-order valence-electron chi connectivity index (χ0n) is 12.6. The van der Waals surface area contributed by atoms with Crippen LogP contribution in [0, 0.1) is 18.3 Å². The number of H-pyrrole nitrogens is 1. The van der Waals surface area contributed by atoms with Crippen LogP contribution in [-0.4, -0.2) is 16.9 Å². The Balaban J connectivity index is 1.91.